The first kappa shape index (κ1) is 22.6. The molecule has 0 spiro atoms. The minimum absolute atomic E-state index is 0.0914. The lowest BCUT2D eigenvalue weighted by Crippen LogP contribution is -2.45. The highest BCUT2D eigenvalue weighted by atomic mass is 32.2. The molecule has 2 unspecified atom stereocenters. The molecule has 0 saturated carbocycles. The summed E-state index contributed by atoms with van der Waals surface area (Å²) in [6, 6.07) is 3.64. The summed E-state index contributed by atoms with van der Waals surface area (Å²) in [5, 5.41) is 3.36. The van der Waals surface area contributed by atoms with Crippen LogP contribution in [-0.2, 0) is 38.9 Å². The number of aromatic nitrogens is 2. The van der Waals surface area contributed by atoms with Crippen LogP contribution in [0.2, 0.25) is 0 Å². The lowest BCUT2D eigenvalue weighted by Gasteiger charge is -2.39. The Hall–Kier alpha value is -2.08. The summed E-state index contributed by atoms with van der Waals surface area (Å²) in [7, 11) is -3.56. The van der Waals surface area contributed by atoms with E-state index in [9.17, 15) is 34.8 Å². The molecule has 0 radical (unpaired) electrons. The van der Waals surface area contributed by atoms with E-state index in [1.165, 1.54) is 0 Å². The van der Waals surface area contributed by atoms with Crippen molar-refractivity contribution >= 4 is 9.84 Å². The molecule has 166 valence electrons. The fourth-order valence-electron chi connectivity index (χ4n) is 3.54. The van der Waals surface area contributed by atoms with Crippen molar-refractivity contribution in [1.29, 1.82) is 0 Å². The number of hydrogen-bond acceptors (Lipinski definition) is 4. The van der Waals surface area contributed by atoms with Crippen molar-refractivity contribution in [2.24, 2.45) is 13.0 Å². The first-order chi connectivity index (χ1) is 13.7. The summed E-state index contributed by atoms with van der Waals surface area (Å²) >= 11 is 0. The zero-order valence-electron chi connectivity index (χ0n) is 15.9. The second-order valence-corrected chi connectivity index (χ2v) is 9.40. The molecule has 30 heavy (non-hydrogen) atoms. The number of alkyl halides is 6. The van der Waals surface area contributed by atoms with E-state index in [4.69, 9.17) is 4.74 Å². The smallest absolute Gasteiger partial charge is 0.353 e. The number of hydrogen-bond donors (Lipinski definition) is 0. The molecular formula is C18H18F6N2O3S. The van der Waals surface area contributed by atoms with E-state index in [1.54, 1.807) is 6.92 Å². The van der Waals surface area contributed by atoms with Crippen LogP contribution < -0.4 is 0 Å². The van der Waals surface area contributed by atoms with Gasteiger partial charge in [-0.15, -0.1) is 0 Å². The van der Waals surface area contributed by atoms with Crippen molar-refractivity contribution in [1.82, 2.24) is 9.78 Å². The number of rotatable bonds is 3. The van der Waals surface area contributed by atoms with Gasteiger partial charge in [-0.2, -0.15) is 31.4 Å². The summed E-state index contributed by atoms with van der Waals surface area (Å²) in [6.45, 7) is 1.60. The Morgan fingerprint density at radius 3 is 2.33 bits per heavy atom. The molecule has 5 nitrogen and oxygen atoms in total. The molecule has 1 aliphatic rings. The summed E-state index contributed by atoms with van der Waals surface area (Å²) in [4.78, 5) is -3.00. The zero-order chi connectivity index (χ0) is 22.5. The van der Waals surface area contributed by atoms with Crippen LogP contribution in [0.3, 0.4) is 0 Å². The highest BCUT2D eigenvalue weighted by Crippen LogP contribution is 2.47. The fraction of sp³-hybridized carbons (Fsp3) is 0.500. The van der Waals surface area contributed by atoms with Gasteiger partial charge in [0.2, 0.25) is 14.8 Å². The van der Waals surface area contributed by atoms with Crippen LogP contribution in [0.5, 0.6) is 0 Å². The Kier molecular flexibility index (Phi) is 5.47. The lowest BCUT2D eigenvalue weighted by molar-refractivity contribution is -0.141. The van der Waals surface area contributed by atoms with Gasteiger partial charge in [0.25, 0.3) is 0 Å². The van der Waals surface area contributed by atoms with Crippen LogP contribution in [0.15, 0.2) is 35.2 Å². The summed E-state index contributed by atoms with van der Waals surface area (Å²) in [6.07, 6.45) is -9.42. The van der Waals surface area contributed by atoms with Gasteiger partial charge in [0, 0.05) is 13.7 Å². The second kappa shape index (κ2) is 7.26. The Morgan fingerprint density at radius 1 is 1.13 bits per heavy atom. The monoisotopic (exact) mass is 456 g/mol. The van der Waals surface area contributed by atoms with Crippen molar-refractivity contribution in [3.05, 3.63) is 47.3 Å². The molecule has 1 aliphatic heterocycles. The average molecular weight is 456 g/mol. The molecule has 0 amide bonds. The number of sulfone groups is 1. The minimum Gasteiger partial charge on any atom is -0.353 e. The predicted octanol–water partition coefficient (Wildman–Crippen LogP) is 4.53. The Bertz CT molecular complexity index is 1040. The number of benzene rings is 1. The summed E-state index contributed by atoms with van der Waals surface area (Å²) < 4.78 is 112. The number of ether oxygens (including phenoxy) is 1. The normalized spacial score (nSPS) is 23.5. The van der Waals surface area contributed by atoms with Gasteiger partial charge in [-0.1, -0.05) is 13.0 Å². The largest absolute Gasteiger partial charge is 0.435 e. The number of nitrogens with zero attached hydrogens (tertiary/aromatic N) is 2. The van der Waals surface area contributed by atoms with Gasteiger partial charge >= 0.3 is 12.4 Å². The van der Waals surface area contributed by atoms with Gasteiger partial charge in [-0.05, 0) is 43.0 Å². The van der Waals surface area contributed by atoms with E-state index >= 15 is 0 Å². The van der Waals surface area contributed by atoms with Crippen molar-refractivity contribution in [2.45, 2.75) is 41.9 Å². The third-order valence-corrected chi connectivity index (χ3v) is 7.27. The zero-order valence-corrected chi connectivity index (χ0v) is 16.7. The summed E-state index contributed by atoms with van der Waals surface area (Å²) in [5.74, 6) is -0.274. The third-order valence-electron chi connectivity index (χ3n) is 5.03. The van der Waals surface area contributed by atoms with E-state index in [2.05, 4.69) is 5.10 Å². The standard InChI is InChI=1S/C18H18F6N2O3S/c1-11-6-7-29-16(10-11,15-9-14(18(22,23)24)25-26(15)2)30(27,28)13-5-3-4-12(8-13)17(19,20)21/h3-5,8-9,11H,6-7,10H2,1-2H3. The molecule has 0 aliphatic carbocycles. The topological polar surface area (TPSA) is 61.2 Å². The highest BCUT2D eigenvalue weighted by molar-refractivity contribution is 7.92. The Balaban J connectivity index is 2.24. The quantitative estimate of drug-likeness (QED) is 0.637. The molecule has 12 heteroatoms. The van der Waals surface area contributed by atoms with E-state index in [0.717, 1.165) is 23.9 Å². The molecule has 1 aromatic carbocycles. The van der Waals surface area contributed by atoms with Gasteiger partial charge in [-0.3, -0.25) is 4.68 Å². The predicted molar refractivity (Wildman–Crippen MR) is 92.9 cm³/mol. The fourth-order valence-corrected chi connectivity index (χ4v) is 5.67. The molecule has 1 aromatic heterocycles. The first-order valence-electron chi connectivity index (χ1n) is 8.86. The summed E-state index contributed by atoms with van der Waals surface area (Å²) in [5.41, 5.74) is -2.90. The number of halogens is 6. The second-order valence-electron chi connectivity index (χ2n) is 7.26. The lowest BCUT2D eigenvalue weighted by atomic mass is 9.95. The maximum Gasteiger partial charge on any atom is 0.435 e. The van der Waals surface area contributed by atoms with Crippen LogP contribution in [0.4, 0.5) is 26.3 Å². The SMILES string of the molecule is CC1CCOC(c2cc(C(F)(F)F)nn2C)(S(=O)(=O)c2cccc(C(F)(F)F)c2)C1. The van der Waals surface area contributed by atoms with Gasteiger partial charge < -0.3 is 4.74 Å². The Morgan fingerprint density at radius 2 is 1.80 bits per heavy atom. The Labute approximate surface area is 168 Å². The van der Waals surface area contributed by atoms with Gasteiger partial charge in [-0.25, -0.2) is 8.42 Å². The first-order valence-corrected chi connectivity index (χ1v) is 10.3. The van der Waals surface area contributed by atoms with Crippen LogP contribution in [0.1, 0.15) is 36.7 Å². The maximum atomic E-state index is 13.5. The molecule has 2 aromatic rings. The van der Waals surface area contributed by atoms with E-state index in [-0.39, 0.29) is 18.9 Å². The van der Waals surface area contributed by atoms with Crippen LogP contribution in [-0.4, -0.2) is 24.8 Å². The van der Waals surface area contributed by atoms with E-state index in [0.29, 0.717) is 24.6 Å². The van der Waals surface area contributed by atoms with E-state index < -0.39 is 49.0 Å². The van der Waals surface area contributed by atoms with Crippen molar-refractivity contribution in [2.75, 3.05) is 6.61 Å². The molecule has 1 fully saturated rings. The molecular weight excluding hydrogens is 438 g/mol. The molecule has 3 rings (SSSR count). The van der Waals surface area contributed by atoms with Crippen molar-refractivity contribution in [3.8, 4) is 0 Å². The molecule has 0 N–H and O–H groups in total. The van der Waals surface area contributed by atoms with Crippen molar-refractivity contribution in [3.63, 3.8) is 0 Å². The molecule has 2 heterocycles. The van der Waals surface area contributed by atoms with Gasteiger partial charge in [0.1, 0.15) is 0 Å². The maximum absolute atomic E-state index is 13.5. The van der Waals surface area contributed by atoms with Gasteiger partial charge in [0.05, 0.1) is 16.2 Å². The molecule has 0 bridgehead atoms. The van der Waals surface area contributed by atoms with Crippen LogP contribution >= 0.6 is 0 Å². The van der Waals surface area contributed by atoms with Gasteiger partial charge in [0.15, 0.2) is 5.69 Å². The molecule has 2 atom stereocenters. The third kappa shape index (κ3) is 3.82. The van der Waals surface area contributed by atoms with Crippen LogP contribution in [0, 0.1) is 5.92 Å². The van der Waals surface area contributed by atoms with Crippen LogP contribution in [0.25, 0.3) is 0 Å². The number of aryl methyl sites for hydroxylation is 1. The minimum atomic E-state index is -4.84. The average Bonchev–Trinajstić information content (AvgIpc) is 3.03. The van der Waals surface area contributed by atoms with Crippen molar-refractivity contribution < 1.29 is 39.5 Å². The van der Waals surface area contributed by atoms with E-state index in [1.807, 2.05) is 0 Å². The molecule has 1 saturated heterocycles. The highest BCUT2D eigenvalue weighted by Gasteiger charge is 2.53.